The molecule has 25 heavy (non-hydrogen) atoms. The molecule has 8 nitrogen and oxygen atoms in total. The number of nitrogens with one attached hydrogen (secondary N) is 1. The predicted molar refractivity (Wildman–Crippen MR) is 88.4 cm³/mol. The van der Waals surface area contributed by atoms with Gasteiger partial charge in [-0.3, -0.25) is 14.9 Å². The van der Waals surface area contributed by atoms with E-state index in [0.717, 1.165) is 12.1 Å². The van der Waals surface area contributed by atoms with E-state index in [1.807, 2.05) is 0 Å². The summed E-state index contributed by atoms with van der Waals surface area (Å²) in [7, 11) is 2.79. The fourth-order valence-corrected chi connectivity index (χ4v) is 2.22. The third kappa shape index (κ3) is 3.94. The Labute approximate surface area is 142 Å². The second-order valence-electron chi connectivity index (χ2n) is 5.01. The standard InChI is InChI=1S/C16H16FN3O5/c1-24-14-6-11(17)12(7-15(14)25-2)19-8-10-4-3-9(16(18)21)5-13(10)20(22)23/h3-7,19H,8H2,1-2H3,(H2,18,21). The van der Waals surface area contributed by atoms with Crippen molar-refractivity contribution < 1.29 is 23.6 Å². The fraction of sp³-hybridized carbons (Fsp3) is 0.188. The van der Waals surface area contributed by atoms with Gasteiger partial charge in [0.1, 0.15) is 5.82 Å². The van der Waals surface area contributed by atoms with Crippen LogP contribution >= 0.6 is 0 Å². The maximum absolute atomic E-state index is 14.1. The molecule has 0 radical (unpaired) electrons. The van der Waals surface area contributed by atoms with E-state index in [2.05, 4.69) is 5.32 Å². The molecule has 0 fully saturated rings. The number of amides is 1. The molecule has 2 aromatic carbocycles. The Hall–Kier alpha value is -3.36. The van der Waals surface area contributed by atoms with Gasteiger partial charge in [-0.2, -0.15) is 0 Å². The van der Waals surface area contributed by atoms with Gasteiger partial charge >= 0.3 is 0 Å². The number of halogens is 1. The average molecular weight is 349 g/mol. The minimum Gasteiger partial charge on any atom is -0.493 e. The molecular formula is C16H16FN3O5. The van der Waals surface area contributed by atoms with Crippen molar-refractivity contribution in [2.75, 3.05) is 19.5 Å². The maximum atomic E-state index is 14.1. The van der Waals surface area contributed by atoms with Crippen molar-refractivity contribution in [2.24, 2.45) is 5.73 Å². The van der Waals surface area contributed by atoms with Gasteiger partial charge in [-0.25, -0.2) is 4.39 Å². The molecule has 1 amide bonds. The predicted octanol–water partition coefficient (Wildman–Crippen LogP) is 2.46. The van der Waals surface area contributed by atoms with E-state index in [1.165, 1.54) is 32.4 Å². The Bertz CT molecular complexity index is 826. The number of nitro groups is 1. The van der Waals surface area contributed by atoms with Gasteiger partial charge in [0.25, 0.3) is 5.69 Å². The summed E-state index contributed by atoms with van der Waals surface area (Å²) >= 11 is 0. The highest BCUT2D eigenvalue weighted by Gasteiger charge is 2.17. The molecule has 2 rings (SSSR count). The van der Waals surface area contributed by atoms with E-state index in [9.17, 15) is 19.3 Å². The number of benzene rings is 2. The van der Waals surface area contributed by atoms with Gasteiger partial charge in [0.15, 0.2) is 11.5 Å². The summed E-state index contributed by atoms with van der Waals surface area (Å²) in [5, 5.41) is 13.9. The molecule has 0 aliphatic carbocycles. The topological polar surface area (TPSA) is 117 Å². The lowest BCUT2D eigenvalue weighted by atomic mass is 10.1. The van der Waals surface area contributed by atoms with Crippen molar-refractivity contribution in [2.45, 2.75) is 6.54 Å². The van der Waals surface area contributed by atoms with Crippen LogP contribution in [0, 0.1) is 15.9 Å². The Morgan fingerprint density at radius 1 is 1.24 bits per heavy atom. The first-order valence-electron chi connectivity index (χ1n) is 7.10. The number of nitrogens with two attached hydrogens (primary N) is 1. The number of anilines is 1. The molecule has 0 spiro atoms. The number of carbonyl (C=O) groups excluding carboxylic acids is 1. The van der Waals surface area contributed by atoms with Crippen molar-refractivity contribution >= 4 is 17.3 Å². The molecule has 0 atom stereocenters. The van der Waals surface area contributed by atoms with Gasteiger partial charge in [0, 0.05) is 35.9 Å². The molecule has 0 heterocycles. The zero-order valence-corrected chi connectivity index (χ0v) is 13.5. The normalized spacial score (nSPS) is 10.2. The van der Waals surface area contributed by atoms with Crippen molar-refractivity contribution in [1.82, 2.24) is 0 Å². The molecule has 0 saturated carbocycles. The van der Waals surface area contributed by atoms with E-state index >= 15 is 0 Å². The van der Waals surface area contributed by atoms with Crippen LogP contribution < -0.4 is 20.5 Å². The first-order chi connectivity index (χ1) is 11.9. The Morgan fingerprint density at radius 3 is 2.44 bits per heavy atom. The summed E-state index contributed by atoms with van der Waals surface area (Å²) in [5.74, 6) is -0.838. The summed E-state index contributed by atoms with van der Waals surface area (Å²) in [5.41, 5.74) is 5.21. The largest absolute Gasteiger partial charge is 0.493 e. The maximum Gasteiger partial charge on any atom is 0.275 e. The van der Waals surface area contributed by atoms with Crippen LogP contribution in [-0.4, -0.2) is 25.1 Å². The van der Waals surface area contributed by atoms with E-state index in [0.29, 0.717) is 5.75 Å². The molecule has 0 aliphatic rings. The molecule has 0 saturated heterocycles. The van der Waals surface area contributed by atoms with Crippen LogP contribution in [0.4, 0.5) is 15.8 Å². The van der Waals surface area contributed by atoms with Crippen LogP contribution in [0.1, 0.15) is 15.9 Å². The fourth-order valence-electron chi connectivity index (χ4n) is 2.22. The van der Waals surface area contributed by atoms with Crippen LogP contribution in [0.25, 0.3) is 0 Å². The highest BCUT2D eigenvalue weighted by Crippen LogP contribution is 2.33. The molecule has 0 unspecified atom stereocenters. The van der Waals surface area contributed by atoms with Crippen molar-refractivity contribution in [3.63, 3.8) is 0 Å². The Morgan fingerprint density at radius 2 is 1.88 bits per heavy atom. The zero-order chi connectivity index (χ0) is 18.6. The lowest BCUT2D eigenvalue weighted by Gasteiger charge is -2.13. The van der Waals surface area contributed by atoms with Crippen molar-refractivity contribution in [3.05, 3.63) is 57.4 Å². The summed E-state index contributed by atoms with van der Waals surface area (Å²) in [6.07, 6.45) is 0. The van der Waals surface area contributed by atoms with Gasteiger partial charge in [-0.05, 0) is 12.1 Å². The molecule has 132 valence electrons. The lowest BCUT2D eigenvalue weighted by molar-refractivity contribution is -0.385. The summed E-state index contributed by atoms with van der Waals surface area (Å²) in [4.78, 5) is 21.7. The molecule has 0 aliphatic heterocycles. The third-order valence-electron chi connectivity index (χ3n) is 3.51. The number of carbonyl (C=O) groups is 1. The monoisotopic (exact) mass is 349 g/mol. The summed E-state index contributed by atoms with van der Waals surface area (Å²) in [6, 6.07) is 6.38. The van der Waals surface area contributed by atoms with E-state index in [-0.39, 0.29) is 34.8 Å². The molecule has 3 N–H and O–H groups in total. The van der Waals surface area contributed by atoms with Crippen LogP contribution in [0.5, 0.6) is 11.5 Å². The number of methoxy groups -OCH3 is 2. The number of ether oxygens (including phenoxy) is 2. The van der Waals surface area contributed by atoms with Crippen LogP contribution in [-0.2, 0) is 6.54 Å². The Balaban J connectivity index is 2.30. The second kappa shape index (κ2) is 7.47. The molecule has 0 aromatic heterocycles. The minimum atomic E-state index is -0.770. The summed E-state index contributed by atoms with van der Waals surface area (Å²) in [6.45, 7) is -0.0399. The lowest BCUT2D eigenvalue weighted by Crippen LogP contribution is -2.12. The highest BCUT2D eigenvalue weighted by atomic mass is 19.1. The van der Waals surface area contributed by atoms with Crippen LogP contribution in [0.15, 0.2) is 30.3 Å². The van der Waals surface area contributed by atoms with E-state index < -0.39 is 16.6 Å². The molecular weight excluding hydrogens is 333 g/mol. The molecule has 0 bridgehead atoms. The van der Waals surface area contributed by atoms with E-state index in [4.69, 9.17) is 15.2 Å². The number of primary amides is 1. The first kappa shape index (κ1) is 18.0. The smallest absolute Gasteiger partial charge is 0.275 e. The minimum absolute atomic E-state index is 0.0211. The van der Waals surface area contributed by atoms with Crippen molar-refractivity contribution in [3.8, 4) is 11.5 Å². The van der Waals surface area contributed by atoms with E-state index in [1.54, 1.807) is 0 Å². The van der Waals surface area contributed by atoms with Gasteiger partial charge in [0.2, 0.25) is 5.91 Å². The number of nitrogens with zero attached hydrogens (tertiary/aromatic N) is 1. The number of nitro benzene ring substituents is 1. The molecule has 9 heteroatoms. The van der Waals surface area contributed by atoms with Crippen LogP contribution in [0.2, 0.25) is 0 Å². The second-order valence-corrected chi connectivity index (χ2v) is 5.01. The van der Waals surface area contributed by atoms with Crippen LogP contribution in [0.3, 0.4) is 0 Å². The quantitative estimate of drug-likeness (QED) is 0.586. The third-order valence-corrected chi connectivity index (χ3v) is 3.51. The average Bonchev–Trinajstić information content (AvgIpc) is 2.59. The SMILES string of the molecule is COc1cc(F)c(NCc2ccc(C(N)=O)cc2[N+](=O)[O-])cc1OC. The zero-order valence-electron chi connectivity index (χ0n) is 13.5. The first-order valence-corrected chi connectivity index (χ1v) is 7.10. The number of rotatable bonds is 7. The van der Waals surface area contributed by atoms with Gasteiger partial charge in [-0.15, -0.1) is 0 Å². The Kier molecular flexibility index (Phi) is 5.38. The molecule has 2 aromatic rings. The number of hydrogen-bond donors (Lipinski definition) is 2. The number of hydrogen-bond acceptors (Lipinski definition) is 6. The highest BCUT2D eigenvalue weighted by molar-refractivity contribution is 5.93. The summed E-state index contributed by atoms with van der Waals surface area (Å²) < 4.78 is 24.2. The van der Waals surface area contributed by atoms with Crippen molar-refractivity contribution in [1.29, 1.82) is 0 Å². The van der Waals surface area contributed by atoms with Gasteiger partial charge < -0.3 is 20.5 Å². The van der Waals surface area contributed by atoms with Gasteiger partial charge in [-0.1, -0.05) is 0 Å². The van der Waals surface area contributed by atoms with Gasteiger partial charge in [0.05, 0.1) is 24.8 Å².